The van der Waals surface area contributed by atoms with Gasteiger partial charge in [-0.25, -0.2) is 4.68 Å². The molecule has 1 amide bonds. The lowest BCUT2D eigenvalue weighted by Gasteiger charge is -2.25. The van der Waals surface area contributed by atoms with Gasteiger partial charge >= 0.3 is 0 Å². The number of hydrogen-bond acceptors (Lipinski definition) is 5. The van der Waals surface area contributed by atoms with E-state index in [1.165, 1.54) is 13.4 Å². The molecule has 3 aromatic rings. The predicted octanol–water partition coefficient (Wildman–Crippen LogP) is 4.10. The highest BCUT2D eigenvalue weighted by Crippen LogP contribution is 2.41. The fraction of sp³-hybridized carbons (Fsp3) is 0.211. The summed E-state index contributed by atoms with van der Waals surface area (Å²) in [5.41, 5.74) is 1.61. The third-order valence-corrected chi connectivity index (χ3v) is 5.11. The Hall–Kier alpha value is -2.77. The smallest absolute Gasteiger partial charge is 0.229 e. The van der Waals surface area contributed by atoms with Gasteiger partial charge in [-0.3, -0.25) is 10.1 Å². The molecule has 1 unspecified atom stereocenters. The Kier molecular flexibility index (Phi) is 5.11. The average molecular weight is 419 g/mol. The molecule has 0 aliphatic carbocycles. The van der Waals surface area contributed by atoms with Crippen LogP contribution in [0, 0.1) is 0 Å². The van der Waals surface area contributed by atoms with Crippen LogP contribution in [0.5, 0.6) is 11.5 Å². The van der Waals surface area contributed by atoms with E-state index in [2.05, 4.69) is 15.4 Å². The van der Waals surface area contributed by atoms with Crippen LogP contribution in [0.4, 0.5) is 5.95 Å². The Balaban J connectivity index is 1.65. The molecule has 0 radical (unpaired) electrons. The number of amides is 1. The number of benzene rings is 2. The van der Waals surface area contributed by atoms with E-state index in [1.807, 2.05) is 18.2 Å². The van der Waals surface area contributed by atoms with Crippen molar-refractivity contribution in [2.45, 2.75) is 19.1 Å². The number of halogens is 2. The van der Waals surface area contributed by atoms with Crippen LogP contribution in [-0.2, 0) is 11.4 Å². The Bertz CT molecular complexity index is 1040. The lowest BCUT2D eigenvalue weighted by molar-refractivity contribution is -0.117. The molecule has 0 saturated carbocycles. The number of rotatable bonds is 5. The van der Waals surface area contributed by atoms with Gasteiger partial charge in [-0.15, -0.1) is 0 Å². The Morgan fingerprint density at radius 3 is 2.86 bits per heavy atom. The number of carbonyl (C=O) groups is 1. The molecule has 1 aliphatic heterocycles. The standard InChI is InChI=1S/C19H16Cl2N4O3/c1-27-16-7-12(15-8-17(26)24-19-22-10-23-25(15)19)6-14(21)18(16)28-9-11-4-2-3-5-13(11)20/h2-7,10,15H,8-9H2,1H3,(H,22,23,24,26). The van der Waals surface area contributed by atoms with E-state index in [-0.39, 0.29) is 25.0 Å². The maximum absolute atomic E-state index is 12.0. The van der Waals surface area contributed by atoms with Crippen LogP contribution in [-0.4, -0.2) is 27.8 Å². The van der Waals surface area contributed by atoms with Gasteiger partial charge < -0.3 is 9.47 Å². The van der Waals surface area contributed by atoms with Crippen molar-refractivity contribution in [2.24, 2.45) is 0 Å². The molecule has 4 rings (SSSR count). The summed E-state index contributed by atoms with van der Waals surface area (Å²) in [5, 5.41) is 7.87. The normalized spacial score (nSPS) is 15.7. The van der Waals surface area contributed by atoms with Crippen molar-refractivity contribution in [2.75, 3.05) is 12.4 Å². The zero-order chi connectivity index (χ0) is 19.7. The van der Waals surface area contributed by atoms with Crippen LogP contribution >= 0.6 is 23.2 Å². The van der Waals surface area contributed by atoms with Gasteiger partial charge in [0.2, 0.25) is 11.9 Å². The highest BCUT2D eigenvalue weighted by Gasteiger charge is 2.29. The summed E-state index contributed by atoms with van der Waals surface area (Å²) in [7, 11) is 1.53. The number of carbonyl (C=O) groups excluding carboxylic acids is 1. The van der Waals surface area contributed by atoms with Crippen molar-refractivity contribution in [1.82, 2.24) is 14.8 Å². The number of nitrogens with zero attached hydrogens (tertiary/aromatic N) is 3. The number of fused-ring (bicyclic) bond motifs is 1. The second-order valence-corrected chi connectivity index (χ2v) is 7.02. The largest absolute Gasteiger partial charge is 0.493 e. The summed E-state index contributed by atoms with van der Waals surface area (Å²) in [6.45, 7) is 0.244. The number of aromatic nitrogens is 3. The van der Waals surface area contributed by atoms with Gasteiger partial charge in [-0.2, -0.15) is 10.1 Å². The highest BCUT2D eigenvalue weighted by atomic mass is 35.5. The lowest BCUT2D eigenvalue weighted by Crippen LogP contribution is -2.29. The Morgan fingerprint density at radius 2 is 2.07 bits per heavy atom. The fourth-order valence-electron chi connectivity index (χ4n) is 3.10. The number of methoxy groups -OCH3 is 1. The van der Waals surface area contributed by atoms with Gasteiger partial charge in [0.25, 0.3) is 0 Å². The van der Waals surface area contributed by atoms with E-state index in [1.54, 1.807) is 22.9 Å². The number of hydrogen-bond donors (Lipinski definition) is 1. The maximum Gasteiger partial charge on any atom is 0.229 e. The van der Waals surface area contributed by atoms with Crippen molar-refractivity contribution in [1.29, 1.82) is 0 Å². The topological polar surface area (TPSA) is 78.3 Å². The molecule has 0 bridgehead atoms. The minimum atomic E-state index is -0.338. The van der Waals surface area contributed by atoms with E-state index in [4.69, 9.17) is 32.7 Å². The number of ether oxygens (including phenoxy) is 2. The third-order valence-electron chi connectivity index (χ3n) is 4.46. The molecule has 1 aliphatic rings. The summed E-state index contributed by atoms with van der Waals surface area (Å²) in [5.74, 6) is 1.13. The number of nitrogens with one attached hydrogen (secondary N) is 1. The molecule has 1 atom stereocenters. The summed E-state index contributed by atoms with van der Waals surface area (Å²) < 4.78 is 13.0. The molecule has 28 heavy (non-hydrogen) atoms. The summed E-state index contributed by atoms with van der Waals surface area (Å²) in [4.78, 5) is 16.1. The maximum atomic E-state index is 12.0. The van der Waals surface area contributed by atoms with Crippen molar-refractivity contribution in [3.05, 3.63) is 63.9 Å². The fourth-order valence-corrected chi connectivity index (χ4v) is 3.57. The van der Waals surface area contributed by atoms with Gasteiger partial charge in [0.15, 0.2) is 11.5 Å². The van der Waals surface area contributed by atoms with Crippen molar-refractivity contribution >= 4 is 35.1 Å². The number of anilines is 1. The minimum absolute atomic E-state index is 0.139. The molecular weight excluding hydrogens is 403 g/mol. The quantitative estimate of drug-likeness (QED) is 0.674. The molecule has 1 aromatic heterocycles. The predicted molar refractivity (Wildman–Crippen MR) is 105 cm³/mol. The Morgan fingerprint density at radius 1 is 1.25 bits per heavy atom. The summed E-state index contributed by atoms with van der Waals surface area (Å²) in [6, 6.07) is 10.6. The van der Waals surface area contributed by atoms with Crippen LogP contribution in [0.2, 0.25) is 10.0 Å². The first-order valence-electron chi connectivity index (χ1n) is 8.50. The van der Waals surface area contributed by atoms with Crippen LogP contribution in [0.25, 0.3) is 0 Å². The van der Waals surface area contributed by atoms with Gasteiger partial charge in [0.1, 0.15) is 12.9 Å². The molecule has 9 heteroatoms. The highest BCUT2D eigenvalue weighted by molar-refractivity contribution is 6.32. The van der Waals surface area contributed by atoms with Crippen LogP contribution < -0.4 is 14.8 Å². The van der Waals surface area contributed by atoms with E-state index in [9.17, 15) is 4.79 Å². The Labute approximate surface area is 171 Å². The molecule has 0 saturated heterocycles. The first-order chi connectivity index (χ1) is 13.6. The second kappa shape index (κ2) is 7.69. The summed E-state index contributed by atoms with van der Waals surface area (Å²) >= 11 is 12.7. The van der Waals surface area contributed by atoms with Crippen LogP contribution in [0.3, 0.4) is 0 Å². The van der Waals surface area contributed by atoms with Gasteiger partial charge in [-0.1, -0.05) is 41.4 Å². The van der Waals surface area contributed by atoms with Crippen molar-refractivity contribution in [3.8, 4) is 11.5 Å². The first kappa shape index (κ1) is 18.6. The molecule has 144 valence electrons. The molecule has 2 heterocycles. The van der Waals surface area contributed by atoms with Crippen molar-refractivity contribution in [3.63, 3.8) is 0 Å². The van der Waals surface area contributed by atoms with Crippen LogP contribution in [0.15, 0.2) is 42.7 Å². The second-order valence-electron chi connectivity index (χ2n) is 6.21. The van der Waals surface area contributed by atoms with Gasteiger partial charge in [0.05, 0.1) is 24.6 Å². The van der Waals surface area contributed by atoms with Crippen molar-refractivity contribution < 1.29 is 14.3 Å². The monoisotopic (exact) mass is 418 g/mol. The molecule has 1 N–H and O–H groups in total. The SMILES string of the molecule is COc1cc(C2CC(=O)Nc3ncnn32)cc(Cl)c1OCc1ccccc1Cl. The average Bonchev–Trinajstić information content (AvgIpc) is 3.15. The van der Waals surface area contributed by atoms with E-state index >= 15 is 0 Å². The molecule has 0 fully saturated rings. The minimum Gasteiger partial charge on any atom is -0.493 e. The molecule has 7 nitrogen and oxygen atoms in total. The van der Waals surface area contributed by atoms with E-state index in [0.29, 0.717) is 27.5 Å². The molecular formula is C19H16Cl2N4O3. The van der Waals surface area contributed by atoms with Gasteiger partial charge in [0, 0.05) is 10.6 Å². The van der Waals surface area contributed by atoms with Crippen LogP contribution in [0.1, 0.15) is 23.6 Å². The zero-order valence-electron chi connectivity index (χ0n) is 14.9. The van der Waals surface area contributed by atoms with E-state index < -0.39 is 0 Å². The first-order valence-corrected chi connectivity index (χ1v) is 9.25. The molecule has 0 spiro atoms. The lowest BCUT2D eigenvalue weighted by atomic mass is 10.0. The molecule has 2 aromatic carbocycles. The third kappa shape index (κ3) is 3.50. The van der Waals surface area contributed by atoms with Gasteiger partial charge in [-0.05, 0) is 23.8 Å². The summed E-state index contributed by atoms with van der Waals surface area (Å²) in [6.07, 6.45) is 1.61. The zero-order valence-corrected chi connectivity index (χ0v) is 16.4. The van der Waals surface area contributed by atoms with E-state index in [0.717, 1.165) is 11.1 Å².